The van der Waals surface area contributed by atoms with Gasteiger partial charge in [0.1, 0.15) is 12.4 Å². The van der Waals surface area contributed by atoms with Gasteiger partial charge < -0.3 is 10.5 Å². The number of hydrogen-bond acceptors (Lipinski definition) is 3. The summed E-state index contributed by atoms with van der Waals surface area (Å²) in [6, 6.07) is 5.08. The number of anilines is 1. The van der Waals surface area contributed by atoms with E-state index in [1.165, 1.54) is 0 Å². The van der Waals surface area contributed by atoms with Crippen molar-refractivity contribution in [3.63, 3.8) is 0 Å². The maximum atomic E-state index is 5.85. The van der Waals surface area contributed by atoms with E-state index in [4.69, 9.17) is 33.7 Å². The summed E-state index contributed by atoms with van der Waals surface area (Å²) in [5.74, 6) is 0.641. The maximum absolute atomic E-state index is 5.85. The Morgan fingerprint density at radius 2 is 1.94 bits per heavy atom. The van der Waals surface area contributed by atoms with E-state index in [1.807, 2.05) is 0 Å². The van der Waals surface area contributed by atoms with Gasteiger partial charge in [-0.1, -0.05) is 23.2 Å². The molecule has 2 rings (SSSR count). The second-order valence-electron chi connectivity index (χ2n) is 3.49. The van der Waals surface area contributed by atoms with Gasteiger partial charge in [-0.05, 0) is 18.2 Å². The summed E-state index contributed by atoms with van der Waals surface area (Å²) < 4.78 is 7.22. The molecule has 0 unspecified atom stereocenters. The molecule has 0 bridgehead atoms. The summed E-state index contributed by atoms with van der Waals surface area (Å²) in [6.07, 6.45) is 3.34. The highest BCUT2D eigenvalue weighted by Crippen LogP contribution is 2.24. The van der Waals surface area contributed by atoms with Crippen LogP contribution in [0.2, 0.25) is 10.0 Å². The molecule has 0 aliphatic rings. The second-order valence-corrected chi connectivity index (χ2v) is 4.36. The number of halogens is 2. The summed E-state index contributed by atoms with van der Waals surface area (Å²) >= 11 is 11.7. The molecule has 0 saturated carbocycles. The predicted molar refractivity (Wildman–Crippen MR) is 68.6 cm³/mol. The third kappa shape index (κ3) is 3.54. The van der Waals surface area contributed by atoms with Crippen LogP contribution < -0.4 is 10.5 Å². The monoisotopic (exact) mass is 271 g/mol. The van der Waals surface area contributed by atoms with Crippen LogP contribution in [0.15, 0.2) is 30.6 Å². The van der Waals surface area contributed by atoms with Crippen LogP contribution in [0, 0.1) is 0 Å². The zero-order valence-corrected chi connectivity index (χ0v) is 10.4. The minimum Gasteiger partial charge on any atom is -0.492 e. The Bertz CT molecular complexity index is 493. The standard InChI is InChI=1S/C11H11Cl2N3O/c12-8-3-9(13)5-11(4-8)17-2-1-16-7-10(14)6-15-16/h3-7H,1-2,14H2. The second kappa shape index (κ2) is 5.29. The van der Waals surface area contributed by atoms with Crippen molar-refractivity contribution in [1.29, 1.82) is 0 Å². The van der Waals surface area contributed by atoms with Gasteiger partial charge in [-0.25, -0.2) is 0 Å². The molecule has 17 heavy (non-hydrogen) atoms. The lowest BCUT2D eigenvalue weighted by molar-refractivity contribution is 0.291. The number of benzene rings is 1. The van der Waals surface area contributed by atoms with Gasteiger partial charge in [-0.3, -0.25) is 4.68 Å². The van der Waals surface area contributed by atoms with Crippen LogP contribution in [0.1, 0.15) is 0 Å². The van der Waals surface area contributed by atoms with Crippen molar-refractivity contribution in [3.8, 4) is 5.75 Å². The molecular formula is C11H11Cl2N3O. The lowest BCUT2D eigenvalue weighted by Crippen LogP contribution is -2.08. The lowest BCUT2D eigenvalue weighted by atomic mass is 10.3. The molecule has 0 fully saturated rings. The van der Waals surface area contributed by atoms with E-state index in [-0.39, 0.29) is 0 Å². The van der Waals surface area contributed by atoms with Crippen LogP contribution in [-0.4, -0.2) is 16.4 Å². The van der Waals surface area contributed by atoms with Crippen molar-refractivity contribution in [2.24, 2.45) is 0 Å². The largest absolute Gasteiger partial charge is 0.492 e. The van der Waals surface area contributed by atoms with Crippen LogP contribution in [0.25, 0.3) is 0 Å². The third-order valence-corrected chi connectivity index (χ3v) is 2.51. The Balaban J connectivity index is 1.89. The maximum Gasteiger partial charge on any atom is 0.122 e. The number of nitrogen functional groups attached to an aromatic ring is 1. The molecule has 0 aliphatic carbocycles. The molecule has 0 saturated heterocycles. The molecule has 1 heterocycles. The fourth-order valence-electron chi connectivity index (χ4n) is 1.37. The topological polar surface area (TPSA) is 53.1 Å². The number of hydrogen-bond donors (Lipinski definition) is 1. The average molecular weight is 272 g/mol. The number of nitrogens with zero attached hydrogens (tertiary/aromatic N) is 2. The summed E-state index contributed by atoms with van der Waals surface area (Å²) in [7, 11) is 0. The lowest BCUT2D eigenvalue weighted by Gasteiger charge is -2.07. The fraction of sp³-hybridized carbons (Fsp3) is 0.182. The molecule has 1 aromatic heterocycles. The summed E-state index contributed by atoms with van der Waals surface area (Å²) in [6.45, 7) is 1.08. The molecule has 0 aliphatic heterocycles. The number of aromatic nitrogens is 2. The van der Waals surface area contributed by atoms with Crippen molar-refractivity contribution < 1.29 is 4.74 Å². The van der Waals surface area contributed by atoms with E-state index in [1.54, 1.807) is 35.3 Å². The predicted octanol–water partition coefficient (Wildman–Crippen LogP) is 2.85. The molecule has 6 heteroatoms. The van der Waals surface area contributed by atoms with Gasteiger partial charge in [0.05, 0.1) is 18.4 Å². The summed E-state index contributed by atoms with van der Waals surface area (Å²) in [4.78, 5) is 0. The molecule has 0 atom stereocenters. The van der Waals surface area contributed by atoms with E-state index in [2.05, 4.69) is 5.10 Å². The highest BCUT2D eigenvalue weighted by atomic mass is 35.5. The van der Waals surface area contributed by atoms with Gasteiger partial charge in [0, 0.05) is 16.2 Å². The first-order valence-corrected chi connectivity index (χ1v) is 5.76. The Morgan fingerprint density at radius 3 is 2.53 bits per heavy atom. The van der Waals surface area contributed by atoms with Crippen molar-refractivity contribution in [1.82, 2.24) is 9.78 Å². The van der Waals surface area contributed by atoms with E-state index in [0.717, 1.165) is 0 Å². The van der Waals surface area contributed by atoms with Gasteiger partial charge in [-0.2, -0.15) is 5.10 Å². The quantitative estimate of drug-likeness (QED) is 0.931. The molecule has 2 N–H and O–H groups in total. The van der Waals surface area contributed by atoms with E-state index >= 15 is 0 Å². The van der Waals surface area contributed by atoms with Crippen LogP contribution in [0.4, 0.5) is 5.69 Å². The summed E-state index contributed by atoms with van der Waals surface area (Å²) in [5, 5.41) is 5.15. The van der Waals surface area contributed by atoms with Gasteiger partial charge >= 0.3 is 0 Å². The minimum absolute atomic E-state index is 0.470. The van der Waals surface area contributed by atoms with Gasteiger partial charge in [0.2, 0.25) is 0 Å². The minimum atomic E-state index is 0.470. The molecular weight excluding hydrogens is 261 g/mol. The number of rotatable bonds is 4. The van der Waals surface area contributed by atoms with E-state index in [9.17, 15) is 0 Å². The van der Waals surface area contributed by atoms with Crippen LogP contribution >= 0.6 is 23.2 Å². The zero-order valence-electron chi connectivity index (χ0n) is 8.94. The average Bonchev–Trinajstić information content (AvgIpc) is 2.63. The zero-order chi connectivity index (χ0) is 12.3. The first-order valence-electron chi connectivity index (χ1n) is 5.00. The van der Waals surface area contributed by atoms with Crippen molar-refractivity contribution in [2.75, 3.05) is 12.3 Å². The van der Waals surface area contributed by atoms with Crippen LogP contribution in [0.3, 0.4) is 0 Å². The van der Waals surface area contributed by atoms with Gasteiger partial charge in [0.25, 0.3) is 0 Å². The Labute approximate surface area is 109 Å². The van der Waals surface area contributed by atoms with Gasteiger partial charge in [0.15, 0.2) is 0 Å². The smallest absolute Gasteiger partial charge is 0.122 e. The first-order chi connectivity index (χ1) is 8.13. The van der Waals surface area contributed by atoms with E-state index < -0.39 is 0 Å². The fourth-order valence-corrected chi connectivity index (χ4v) is 1.88. The molecule has 0 radical (unpaired) electrons. The molecule has 0 spiro atoms. The summed E-state index contributed by atoms with van der Waals surface area (Å²) in [5.41, 5.74) is 6.18. The van der Waals surface area contributed by atoms with Crippen LogP contribution in [0.5, 0.6) is 5.75 Å². The van der Waals surface area contributed by atoms with Crippen molar-refractivity contribution >= 4 is 28.9 Å². The van der Waals surface area contributed by atoms with Crippen molar-refractivity contribution in [2.45, 2.75) is 6.54 Å². The number of ether oxygens (including phenoxy) is 1. The molecule has 2 aromatic rings. The Morgan fingerprint density at radius 1 is 1.24 bits per heavy atom. The molecule has 1 aromatic carbocycles. The third-order valence-electron chi connectivity index (χ3n) is 2.08. The molecule has 4 nitrogen and oxygen atoms in total. The normalized spacial score (nSPS) is 10.5. The van der Waals surface area contributed by atoms with E-state index in [0.29, 0.717) is 34.6 Å². The Hall–Kier alpha value is -1.39. The highest BCUT2D eigenvalue weighted by molar-refractivity contribution is 6.34. The van der Waals surface area contributed by atoms with Gasteiger partial charge in [-0.15, -0.1) is 0 Å². The molecule has 90 valence electrons. The first kappa shape index (κ1) is 12.1. The highest BCUT2D eigenvalue weighted by Gasteiger charge is 2.00. The van der Waals surface area contributed by atoms with Crippen LogP contribution in [-0.2, 0) is 6.54 Å². The molecule has 0 amide bonds. The SMILES string of the molecule is Nc1cnn(CCOc2cc(Cl)cc(Cl)c2)c1. The Kier molecular flexibility index (Phi) is 3.76. The number of nitrogens with two attached hydrogens (primary N) is 1. The van der Waals surface area contributed by atoms with Crippen molar-refractivity contribution in [3.05, 3.63) is 40.6 Å².